The number of methoxy groups -OCH3 is 1. The van der Waals surface area contributed by atoms with Crippen molar-refractivity contribution in [2.45, 2.75) is 19.4 Å². The number of nitrogen functional groups attached to an aromatic ring is 1. The smallest absolute Gasteiger partial charge is 0.340 e. The molecule has 2 rings (SSSR count). The lowest BCUT2D eigenvalue weighted by molar-refractivity contribution is 0.0546. The van der Waals surface area contributed by atoms with Crippen molar-refractivity contribution in [3.8, 4) is 0 Å². The number of rotatable bonds is 5. The molecule has 5 nitrogen and oxygen atoms in total. The zero-order valence-corrected chi connectivity index (χ0v) is 12.8. The van der Waals surface area contributed by atoms with Crippen LogP contribution in [0.1, 0.15) is 28.8 Å². The molecule has 0 aromatic heterocycles. The molecule has 1 aromatic carbocycles. The maximum Gasteiger partial charge on any atom is 0.340 e. The molecule has 0 aliphatic carbocycles. The van der Waals surface area contributed by atoms with Gasteiger partial charge < -0.3 is 20.1 Å². The second-order valence-electron chi connectivity index (χ2n) is 5.63. The highest BCUT2D eigenvalue weighted by molar-refractivity contribution is 5.96. The van der Waals surface area contributed by atoms with Crippen molar-refractivity contribution in [2.24, 2.45) is 5.92 Å². The molecule has 0 bridgehead atoms. The summed E-state index contributed by atoms with van der Waals surface area (Å²) in [5.41, 5.74) is 7.79. The summed E-state index contributed by atoms with van der Waals surface area (Å²) < 4.78 is 10.2. The number of nitrogens with zero attached hydrogens (tertiary/aromatic N) is 1. The number of hydrogen-bond donors (Lipinski definition) is 1. The average molecular weight is 292 g/mol. The highest BCUT2D eigenvalue weighted by atomic mass is 16.5. The van der Waals surface area contributed by atoms with Crippen LogP contribution in [0, 0.1) is 5.92 Å². The summed E-state index contributed by atoms with van der Waals surface area (Å²) in [7, 11) is 3.45. The van der Waals surface area contributed by atoms with E-state index in [1.54, 1.807) is 6.07 Å². The molecule has 1 heterocycles. The Kier molecular flexibility index (Phi) is 5.59. The molecule has 0 unspecified atom stereocenters. The SMILES string of the molecule is COC(=O)c1c(N)cccc1CN(C)CC1CCOCC1. The Hall–Kier alpha value is -1.59. The third kappa shape index (κ3) is 4.19. The molecule has 1 aromatic rings. The van der Waals surface area contributed by atoms with E-state index in [0.29, 0.717) is 23.7 Å². The first-order chi connectivity index (χ1) is 10.1. The van der Waals surface area contributed by atoms with E-state index in [0.717, 1.165) is 38.2 Å². The van der Waals surface area contributed by atoms with E-state index in [4.69, 9.17) is 15.2 Å². The van der Waals surface area contributed by atoms with Crippen molar-refractivity contribution in [3.05, 3.63) is 29.3 Å². The normalized spacial score (nSPS) is 16.1. The fraction of sp³-hybridized carbons (Fsp3) is 0.562. The quantitative estimate of drug-likeness (QED) is 0.663. The fourth-order valence-electron chi connectivity index (χ4n) is 2.83. The van der Waals surface area contributed by atoms with Gasteiger partial charge in [0.1, 0.15) is 0 Å². The van der Waals surface area contributed by atoms with Crippen LogP contribution >= 0.6 is 0 Å². The summed E-state index contributed by atoms with van der Waals surface area (Å²) in [5.74, 6) is 0.286. The maximum atomic E-state index is 11.9. The summed E-state index contributed by atoms with van der Waals surface area (Å²) in [4.78, 5) is 14.1. The van der Waals surface area contributed by atoms with E-state index in [-0.39, 0.29) is 5.97 Å². The van der Waals surface area contributed by atoms with Gasteiger partial charge in [-0.2, -0.15) is 0 Å². The van der Waals surface area contributed by atoms with Crippen molar-refractivity contribution in [3.63, 3.8) is 0 Å². The van der Waals surface area contributed by atoms with Gasteiger partial charge in [0.15, 0.2) is 0 Å². The Morgan fingerprint density at radius 1 is 1.43 bits per heavy atom. The highest BCUT2D eigenvalue weighted by Gasteiger charge is 2.19. The van der Waals surface area contributed by atoms with Crippen molar-refractivity contribution in [1.29, 1.82) is 0 Å². The zero-order valence-electron chi connectivity index (χ0n) is 12.8. The lowest BCUT2D eigenvalue weighted by atomic mass is 9.99. The summed E-state index contributed by atoms with van der Waals surface area (Å²) >= 11 is 0. The molecular formula is C16H24N2O3. The minimum absolute atomic E-state index is 0.373. The largest absolute Gasteiger partial charge is 0.465 e. The molecule has 21 heavy (non-hydrogen) atoms. The number of benzene rings is 1. The van der Waals surface area contributed by atoms with Gasteiger partial charge in [0.25, 0.3) is 0 Å². The standard InChI is InChI=1S/C16H24N2O3/c1-18(10-12-6-8-21-9-7-12)11-13-4-3-5-14(17)15(13)16(19)20-2/h3-5,12H,6-11,17H2,1-2H3. The van der Waals surface area contributed by atoms with Crippen LogP contribution in [0.3, 0.4) is 0 Å². The van der Waals surface area contributed by atoms with Crippen molar-refractivity contribution in [1.82, 2.24) is 4.90 Å². The van der Waals surface area contributed by atoms with Crippen molar-refractivity contribution >= 4 is 11.7 Å². The van der Waals surface area contributed by atoms with Crippen LogP contribution in [0.25, 0.3) is 0 Å². The monoisotopic (exact) mass is 292 g/mol. The van der Waals surface area contributed by atoms with Crippen LogP contribution in [-0.4, -0.2) is 44.8 Å². The lowest BCUT2D eigenvalue weighted by Crippen LogP contribution is -2.30. The number of carbonyl (C=O) groups is 1. The molecule has 1 saturated heterocycles. The van der Waals surface area contributed by atoms with Crippen LogP contribution < -0.4 is 5.73 Å². The van der Waals surface area contributed by atoms with Gasteiger partial charge in [0, 0.05) is 32.0 Å². The Morgan fingerprint density at radius 3 is 2.81 bits per heavy atom. The predicted molar refractivity (Wildman–Crippen MR) is 82.1 cm³/mol. The van der Waals surface area contributed by atoms with Gasteiger partial charge in [-0.05, 0) is 37.4 Å². The lowest BCUT2D eigenvalue weighted by Gasteiger charge is -2.27. The summed E-state index contributed by atoms with van der Waals surface area (Å²) in [6.45, 7) is 3.39. The maximum absolute atomic E-state index is 11.9. The third-order valence-corrected chi connectivity index (χ3v) is 3.92. The molecule has 0 saturated carbocycles. The van der Waals surface area contributed by atoms with E-state index in [2.05, 4.69) is 11.9 Å². The van der Waals surface area contributed by atoms with Gasteiger partial charge in [-0.15, -0.1) is 0 Å². The van der Waals surface area contributed by atoms with Gasteiger partial charge in [-0.1, -0.05) is 12.1 Å². The molecule has 0 spiro atoms. The molecule has 0 atom stereocenters. The van der Waals surface area contributed by atoms with Gasteiger partial charge >= 0.3 is 5.97 Å². The zero-order chi connectivity index (χ0) is 15.2. The topological polar surface area (TPSA) is 64.8 Å². The first kappa shape index (κ1) is 15.8. The van der Waals surface area contributed by atoms with Gasteiger partial charge in [-0.3, -0.25) is 0 Å². The summed E-state index contributed by atoms with van der Waals surface area (Å²) in [6.07, 6.45) is 2.20. The Balaban J connectivity index is 2.04. The van der Waals surface area contributed by atoms with Crippen LogP contribution in [-0.2, 0) is 16.0 Å². The number of carbonyl (C=O) groups excluding carboxylic acids is 1. The summed E-state index contributed by atoms with van der Waals surface area (Å²) in [5, 5.41) is 0. The van der Waals surface area contributed by atoms with Crippen LogP contribution in [0.5, 0.6) is 0 Å². The molecule has 5 heteroatoms. The van der Waals surface area contributed by atoms with Crippen LogP contribution in [0.4, 0.5) is 5.69 Å². The van der Waals surface area contributed by atoms with Crippen molar-refractivity contribution < 1.29 is 14.3 Å². The second-order valence-corrected chi connectivity index (χ2v) is 5.63. The Bertz CT molecular complexity index is 484. The van der Waals surface area contributed by atoms with E-state index < -0.39 is 0 Å². The van der Waals surface area contributed by atoms with E-state index in [1.807, 2.05) is 12.1 Å². The molecule has 0 radical (unpaired) electrons. The molecular weight excluding hydrogens is 268 g/mol. The minimum atomic E-state index is -0.373. The molecule has 1 fully saturated rings. The van der Waals surface area contributed by atoms with Crippen LogP contribution in [0.15, 0.2) is 18.2 Å². The third-order valence-electron chi connectivity index (χ3n) is 3.92. The first-order valence-electron chi connectivity index (χ1n) is 7.33. The summed E-state index contributed by atoms with van der Waals surface area (Å²) in [6, 6.07) is 5.54. The van der Waals surface area contributed by atoms with E-state index in [9.17, 15) is 4.79 Å². The number of ether oxygens (including phenoxy) is 2. The van der Waals surface area contributed by atoms with Gasteiger partial charge in [0.05, 0.1) is 12.7 Å². The number of esters is 1. The number of hydrogen-bond acceptors (Lipinski definition) is 5. The Labute approximate surface area is 126 Å². The molecule has 0 amide bonds. The fourth-order valence-corrected chi connectivity index (χ4v) is 2.83. The van der Waals surface area contributed by atoms with Crippen LogP contribution in [0.2, 0.25) is 0 Å². The second kappa shape index (κ2) is 7.43. The molecule has 1 aliphatic heterocycles. The van der Waals surface area contributed by atoms with Gasteiger partial charge in [0.2, 0.25) is 0 Å². The average Bonchev–Trinajstić information content (AvgIpc) is 2.47. The first-order valence-corrected chi connectivity index (χ1v) is 7.33. The van der Waals surface area contributed by atoms with E-state index in [1.165, 1.54) is 7.11 Å². The minimum Gasteiger partial charge on any atom is -0.465 e. The van der Waals surface area contributed by atoms with E-state index >= 15 is 0 Å². The number of anilines is 1. The molecule has 116 valence electrons. The number of nitrogens with two attached hydrogens (primary N) is 1. The molecule has 1 aliphatic rings. The Morgan fingerprint density at radius 2 is 2.14 bits per heavy atom. The highest BCUT2D eigenvalue weighted by Crippen LogP contribution is 2.21. The predicted octanol–water partition coefficient (Wildman–Crippen LogP) is 1.91. The van der Waals surface area contributed by atoms with Crippen molar-refractivity contribution in [2.75, 3.05) is 39.6 Å². The van der Waals surface area contributed by atoms with Gasteiger partial charge in [-0.25, -0.2) is 4.79 Å². The molecule has 2 N–H and O–H groups in total.